The SMILES string of the molecule is CN1CCNCC1c1noc(CSCc2ccncc2)n1. The number of likely N-dealkylation sites (N-methyl/N-ethyl adjacent to an activating group) is 1. The number of rotatable bonds is 5. The van der Waals surface area contributed by atoms with Gasteiger partial charge in [0, 0.05) is 37.8 Å². The molecule has 1 unspecified atom stereocenters. The number of pyridine rings is 1. The van der Waals surface area contributed by atoms with Gasteiger partial charge in [-0.25, -0.2) is 0 Å². The van der Waals surface area contributed by atoms with Crippen LogP contribution in [0.1, 0.15) is 23.3 Å². The van der Waals surface area contributed by atoms with E-state index in [1.54, 1.807) is 11.8 Å². The molecule has 0 spiro atoms. The lowest BCUT2D eigenvalue weighted by Crippen LogP contribution is -2.44. The van der Waals surface area contributed by atoms with Gasteiger partial charge >= 0.3 is 0 Å². The van der Waals surface area contributed by atoms with Gasteiger partial charge in [-0.2, -0.15) is 4.98 Å². The van der Waals surface area contributed by atoms with Crippen molar-refractivity contribution >= 4 is 11.8 Å². The van der Waals surface area contributed by atoms with Crippen LogP contribution in [-0.2, 0) is 11.5 Å². The fraction of sp³-hybridized carbons (Fsp3) is 0.500. The molecule has 0 radical (unpaired) electrons. The summed E-state index contributed by atoms with van der Waals surface area (Å²) in [4.78, 5) is 10.8. The summed E-state index contributed by atoms with van der Waals surface area (Å²) in [6.45, 7) is 2.89. The molecule has 1 saturated heterocycles. The second-order valence-electron chi connectivity index (χ2n) is 5.10. The smallest absolute Gasteiger partial charge is 0.236 e. The summed E-state index contributed by atoms with van der Waals surface area (Å²) in [5, 5.41) is 7.49. The molecule has 2 aromatic rings. The van der Waals surface area contributed by atoms with E-state index in [9.17, 15) is 0 Å². The minimum absolute atomic E-state index is 0.210. The third-order valence-electron chi connectivity index (χ3n) is 3.54. The van der Waals surface area contributed by atoms with Crippen LogP contribution in [-0.4, -0.2) is 46.7 Å². The van der Waals surface area contributed by atoms with Gasteiger partial charge in [0.05, 0.1) is 11.8 Å². The maximum atomic E-state index is 5.36. The summed E-state index contributed by atoms with van der Waals surface area (Å²) in [7, 11) is 2.10. The van der Waals surface area contributed by atoms with E-state index >= 15 is 0 Å². The minimum atomic E-state index is 0.210. The van der Waals surface area contributed by atoms with E-state index in [-0.39, 0.29) is 6.04 Å². The van der Waals surface area contributed by atoms with Gasteiger partial charge in [-0.3, -0.25) is 9.88 Å². The predicted molar refractivity (Wildman–Crippen MR) is 81.8 cm³/mol. The highest BCUT2D eigenvalue weighted by Gasteiger charge is 2.25. The molecule has 0 bridgehead atoms. The normalized spacial score (nSPS) is 19.8. The zero-order chi connectivity index (χ0) is 14.5. The number of nitrogens with zero attached hydrogens (tertiary/aromatic N) is 4. The molecule has 0 saturated carbocycles. The van der Waals surface area contributed by atoms with E-state index in [4.69, 9.17) is 4.52 Å². The zero-order valence-electron chi connectivity index (χ0n) is 12.0. The predicted octanol–water partition coefficient (Wildman–Crippen LogP) is 1.47. The number of hydrogen-bond acceptors (Lipinski definition) is 7. The first-order valence-corrected chi connectivity index (χ1v) is 8.18. The van der Waals surface area contributed by atoms with Crippen LogP contribution in [0, 0.1) is 0 Å². The summed E-state index contributed by atoms with van der Waals surface area (Å²) >= 11 is 1.77. The molecular formula is C14H19N5OS. The molecule has 1 atom stereocenters. The van der Waals surface area contributed by atoms with Crippen LogP contribution >= 0.6 is 11.8 Å². The number of hydrogen-bond donors (Lipinski definition) is 1. The topological polar surface area (TPSA) is 67.1 Å². The third kappa shape index (κ3) is 3.81. The zero-order valence-corrected chi connectivity index (χ0v) is 12.8. The molecule has 1 fully saturated rings. The molecule has 1 N–H and O–H groups in total. The lowest BCUT2D eigenvalue weighted by Gasteiger charge is -2.30. The Kier molecular flexibility index (Phi) is 4.84. The highest BCUT2D eigenvalue weighted by molar-refractivity contribution is 7.97. The monoisotopic (exact) mass is 305 g/mol. The van der Waals surface area contributed by atoms with Crippen LogP contribution < -0.4 is 5.32 Å². The summed E-state index contributed by atoms with van der Waals surface area (Å²) in [5.74, 6) is 3.14. The highest BCUT2D eigenvalue weighted by Crippen LogP contribution is 2.20. The lowest BCUT2D eigenvalue weighted by atomic mass is 10.2. The molecule has 2 aromatic heterocycles. The van der Waals surface area contributed by atoms with Crippen LogP contribution in [0.5, 0.6) is 0 Å². The fourth-order valence-electron chi connectivity index (χ4n) is 2.29. The number of thioether (sulfide) groups is 1. The minimum Gasteiger partial charge on any atom is -0.338 e. The van der Waals surface area contributed by atoms with Gasteiger partial charge in [-0.15, -0.1) is 11.8 Å². The van der Waals surface area contributed by atoms with E-state index in [1.165, 1.54) is 5.56 Å². The Hall–Kier alpha value is -1.44. The summed E-state index contributed by atoms with van der Waals surface area (Å²) in [6.07, 6.45) is 3.62. The van der Waals surface area contributed by atoms with Gasteiger partial charge in [0.15, 0.2) is 5.82 Å². The maximum absolute atomic E-state index is 5.36. The van der Waals surface area contributed by atoms with Crippen molar-refractivity contribution in [2.24, 2.45) is 0 Å². The molecule has 21 heavy (non-hydrogen) atoms. The van der Waals surface area contributed by atoms with Crippen molar-refractivity contribution in [1.29, 1.82) is 0 Å². The Morgan fingerprint density at radius 3 is 3.05 bits per heavy atom. The van der Waals surface area contributed by atoms with Crippen molar-refractivity contribution < 1.29 is 4.52 Å². The summed E-state index contributed by atoms with van der Waals surface area (Å²) in [6, 6.07) is 4.26. The quantitative estimate of drug-likeness (QED) is 0.897. The van der Waals surface area contributed by atoms with E-state index in [2.05, 4.69) is 32.4 Å². The van der Waals surface area contributed by atoms with Crippen LogP contribution in [0.3, 0.4) is 0 Å². The Labute approximate surface area is 128 Å². The summed E-state index contributed by atoms with van der Waals surface area (Å²) in [5.41, 5.74) is 1.26. The van der Waals surface area contributed by atoms with Gasteiger partial charge in [-0.05, 0) is 24.7 Å². The second-order valence-corrected chi connectivity index (χ2v) is 6.08. The molecule has 0 amide bonds. The standard InChI is InChI=1S/C14H19N5OS/c1-19-7-6-16-8-12(19)14-17-13(20-18-14)10-21-9-11-2-4-15-5-3-11/h2-5,12,16H,6-10H2,1H3. The average molecular weight is 305 g/mol. The van der Waals surface area contributed by atoms with Crippen molar-refractivity contribution in [3.63, 3.8) is 0 Å². The fourth-order valence-corrected chi connectivity index (χ4v) is 3.11. The molecule has 3 rings (SSSR count). The van der Waals surface area contributed by atoms with Crippen molar-refractivity contribution in [2.75, 3.05) is 26.7 Å². The van der Waals surface area contributed by atoms with Crippen molar-refractivity contribution in [2.45, 2.75) is 17.5 Å². The first-order chi connectivity index (χ1) is 10.3. The Bertz CT molecular complexity index is 562. The Balaban J connectivity index is 1.53. The van der Waals surface area contributed by atoms with Crippen molar-refractivity contribution in [1.82, 2.24) is 25.3 Å². The molecule has 0 aromatic carbocycles. The van der Waals surface area contributed by atoms with Crippen LogP contribution in [0.15, 0.2) is 29.0 Å². The van der Waals surface area contributed by atoms with Crippen molar-refractivity contribution in [3.05, 3.63) is 41.8 Å². The van der Waals surface area contributed by atoms with Gasteiger partial charge in [0.2, 0.25) is 5.89 Å². The largest absolute Gasteiger partial charge is 0.338 e. The van der Waals surface area contributed by atoms with Crippen molar-refractivity contribution in [3.8, 4) is 0 Å². The Morgan fingerprint density at radius 1 is 1.38 bits per heavy atom. The third-order valence-corrected chi connectivity index (χ3v) is 4.53. The molecule has 112 valence electrons. The Morgan fingerprint density at radius 2 is 2.24 bits per heavy atom. The van der Waals surface area contributed by atoms with Gasteiger partial charge in [-0.1, -0.05) is 5.16 Å². The molecule has 3 heterocycles. The number of aromatic nitrogens is 3. The second kappa shape index (κ2) is 7.02. The molecule has 7 heteroatoms. The van der Waals surface area contributed by atoms with Crippen LogP contribution in [0.25, 0.3) is 0 Å². The molecule has 0 aliphatic carbocycles. The highest BCUT2D eigenvalue weighted by atomic mass is 32.2. The lowest BCUT2D eigenvalue weighted by molar-refractivity contribution is 0.190. The molecule has 6 nitrogen and oxygen atoms in total. The van der Waals surface area contributed by atoms with Crippen LogP contribution in [0.2, 0.25) is 0 Å². The average Bonchev–Trinajstić information content (AvgIpc) is 2.97. The maximum Gasteiger partial charge on any atom is 0.236 e. The van der Waals surface area contributed by atoms with E-state index in [1.807, 2.05) is 24.5 Å². The first-order valence-electron chi connectivity index (χ1n) is 7.03. The molecule has 1 aliphatic heterocycles. The van der Waals surface area contributed by atoms with Gasteiger partial charge in [0.1, 0.15) is 0 Å². The van der Waals surface area contributed by atoms with Crippen LogP contribution in [0.4, 0.5) is 0 Å². The first kappa shape index (κ1) is 14.5. The summed E-state index contributed by atoms with van der Waals surface area (Å²) < 4.78 is 5.36. The van der Waals surface area contributed by atoms with Gasteiger partial charge in [0.25, 0.3) is 0 Å². The van der Waals surface area contributed by atoms with E-state index in [0.29, 0.717) is 5.89 Å². The van der Waals surface area contributed by atoms with E-state index < -0.39 is 0 Å². The van der Waals surface area contributed by atoms with Gasteiger partial charge < -0.3 is 9.84 Å². The number of piperazine rings is 1. The molecular weight excluding hydrogens is 286 g/mol. The van der Waals surface area contributed by atoms with E-state index in [0.717, 1.165) is 37.0 Å². The molecule has 1 aliphatic rings. The number of nitrogens with one attached hydrogen (secondary N) is 1.